The number of aromatic amines is 1. The summed E-state index contributed by atoms with van der Waals surface area (Å²) in [6.07, 6.45) is 4.29. The molecule has 1 amide bonds. The van der Waals surface area contributed by atoms with E-state index >= 15 is 0 Å². The summed E-state index contributed by atoms with van der Waals surface area (Å²) in [5.41, 5.74) is 1.11. The normalized spacial score (nSPS) is 12.5. The van der Waals surface area contributed by atoms with Gasteiger partial charge < -0.3 is 24.7 Å². The van der Waals surface area contributed by atoms with E-state index in [9.17, 15) is 23.1 Å². The van der Waals surface area contributed by atoms with E-state index in [-0.39, 0.29) is 33.5 Å². The van der Waals surface area contributed by atoms with Gasteiger partial charge in [-0.3, -0.25) is 9.59 Å². The molecule has 0 bridgehead atoms. The summed E-state index contributed by atoms with van der Waals surface area (Å²) in [4.78, 5) is 33.8. The Hall–Kier alpha value is -3.96. The van der Waals surface area contributed by atoms with Crippen LogP contribution in [0, 0.1) is 13.8 Å². The predicted molar refractivity (Wildman–Crippen MR) is 158 cm³/mol. The number of benzene rings is 1. The first-order valence-electron chi connectivity index (χ1n) is 13.0. The molecule has 1 aromatic carbocycles. The summed E-state index contributed by atoms with van der Waals surface area (Å²) in [7, 11) is -1.82. The second kappa shape index (κ2) is 10.1. The zero-order valence-corrected chi connectivity index (χ0v) is 25.6. The van der Waals surface area contributed by atoms with Crippen LogP contribution >= 0.6 is 0 Å². The summed E-state index contributed by atoms with van der Waals surface area (Å²) in [5.74, 6) is 0.249. The Balaban J connectivity index is 1.97. The fourth-order valence-corrected chi connectivity index (χ4v) is 5.30. The van der Waals surface area contributed by atoms with Gasteiger partial charge in [0, 0.05) is 53.3 Å². The highest BCUT2D eigenvalue weighted by Gasteiger charge is 2.25. The quantitative estimate of drug-likeness (QED) is 0.305. The lowest BCUT2D eigenvalue weighted by Crippen LogP contribution is -2.40. The van der Waals surface area contributed by atoms with Crippen molar-refractivity contribution in [3.8, 4) is 22.8 Å². The zero-order chi connectivity index (χ0) is 30.7. The molecule has 41 heavy (non-hydrogen) atoms. The Morgan fingerprint density at radius 1 is 1.05 bits per heavy atom. The van der Waals surface area contributed by atoms with E-state index in [1.165, 1.54) is 10.8 Å². The highest BCUT2D eigenvalue weighted by Crippen LogP contribution is 2.39. The van der Waals surface area contributed by atoms with Crippen LogP contribution in [-0.2, 0) is 22.5 Å². The molecule has 0 aliphatic heterocycles. The maximum atomic E-state index is 13.1. The molecule has 3 N–H and O–H groups in total. The second-order valence-electron chi connectivity index (χ2n) is 12.0. The van der Waals surface area contributed by atoms with Crippen LogP contribution in [-0.4, -0.2) is 45.8 Å². The van der Waals surface area contributed by atoms with Gasteiger partial charge in [-0.15, -0.1) is 0 Å². The SMILES string of the molecule is Cc1cc(S(C)(=O)=O)cc(C)c1Oc1ncc(C(C)(C)O)cc1-c1cn(C)c(=O)c2[nH]c(C(=O)NC(C)(C)C)cc12. The molecule has 0 unspecified atom stereocenters. The Morgan fingerprint density at radius 3 is 2.20 bits per heavy atom. The van der Waals surface area contributed by atoms with Crippen molar-refractivity contribution in [3.63, 3.8) is 0 Å². The van der Waals surface area contributed by atoms with Gasteiger partial charge in [0.25, 0.3) is 11.5 Å². The molecule has 11 heteroatoms. The molecule has 0 saturated carbocycles. The number of ether oxygens (including phenoxy) is 1. The van der Waals surface area contributed by atoms with Crippen LogP contribution in [0.1, 0.15) is 61.8 Å². The van der Waals surface area contributed by atoms with Crippen LogP contribution in [0.5, 0.6) is 11.6 Å². The molecule has 0 aliphatic carbocycles. The van der Waals surface area contributed by atoms with E-state index in [1.807, 2.05) is 20.8 Å². The third-order valence-corrected chi connectivity index (χ3v) is 7.70. The van der Waals surface area contributed by atoms with Gasteiger partial charge in [-0.05, 0) is 83.9 Å². The second-order valence-corrected chi connectivity index (χ2v) is 14.0. The van der Waals surface area contributed by atoms with Crippen molar-refractivity contribution < 1.29 is 23.1 Å². The molecular weight excluding hydrogens is 544 g/mol. The number of carbonyl (C=O) groups is 1. The fourth-order valence-electron chi connectivity index (χ4n) is 4.52. The number of sulfone groups is 1. The van der Waals surface area contributed by atoms with Crippen molar-refractivity contribution in [3.05, 3.63) is 69.4 Å². The van der Waals surface area contributed by atoms with Gasteiger partial charge in [0.15, 0.2) is 9.84 Å². The lowest BCUT2D eigenvalue weighted by Gasteiger charge is -2.21. The lowest BCUT2D eigenvalue weighted by molar-refractivity contribution is 0.0781. The van der Waals surface area contributed by atoms with Crippen molar-refractivity contribution in [1.82, 2.24) is 19.9 Å². The highest BCUT2D eigenvalue weighted by molar-refractivity contribution is 7.90. The summed E-state index contributed by atoms with van der Waals surface area (Å²) in [6, 6.07) is 6.43. The number of aliphatic hydroxyl groups is 1. The summed E-state index contributed by atoms with van der Waals surface area (Å²) in [5, 5.41) is 14.2. The van der Waals surface area contributed by atoms with Crippen molar-refractivity contribution in [1.29, 1.82) is 0 Å². The number of carbonyl (C=O) groups excluding carboxylic acids is 1. The maximum absolute atomic E-state index is 13.1. The number of nitrogens with one attached hydrogen (secondary N) is 2. The van der Waals surface area contributed by atoms with Gasteiger partial charge >= 0.3 is 0 Å². The summed E-state index contributed by atoms with van der Waals surface area (Å²) < 4.78 is 32.0. The van der Waals surface area contributed by atoms with Crippen LogP contribution in [0.3, 0.4) is 0 Å². The van der Waals surface area contributed by atoms with Crippen LogP contribution in [0.25, 0.3) is 22.0 Å². The molecule has 4 aromatic rings. The van der Waals surface area contributed by atoms with Gasteiger partial charge in [0.2, 0.25) is 5.88 Å². The number of aryl methyl sites for hydroxylation is 3. The average molecular weight is 581 g/mol. The van der Waals surface area contributed by atoms with E-state index < -0.39 is 21.0 Å². The van der Waals surface area contributed by atoms with Gasteiger partial charge in [0.1, 0.15) is 17.0 Å². The van der Waals surface area contributed by atoms with E-state index in [2.05, 4.69) is 15.3 Å². The first kappa shape index (κ1) is 30.0. The maximum Gasteiger partial charge on any atom is 0.274 e. The minimum atomic E-state index is -3.43. The number of hydrogen-bond donors (Lipinski definition) is 3. The molecule has 0 spiro atoms. The van der Waals surface area contributed by atoms with Gasteiger partial charge in [0.05, 0.1) is 10.5 Å². The van der Waals surface area contributed by atoms with Crippen LogP contribution in [0.15, 0.2) is 46.3 Å². The number of nitrogens with zero attached hydrogens (tertiary/aromatic N) is 2. The van der Waals surface area contributed by atoms with E-state index in [0.717, 1.165) is 6.26 Å². The topological polar surface area (TPSA) is 143 Å². The third kappa shape index (κ3) is 6.20. The zero-order valence-electron chi connectivity index (χ0n) is 24.8. The number of amides is 1. The number of H-pyrrole nitrogens is 1. The van der Waals surface area contributed by atoms with Crippen molar-refractivity contribution >= 4 is 26.6 Å². The monoisotopic (exact) mass is 580 g/mol. The van der Waals surface area contributed by atoms with Crippen molar-refractivity contribution in [2.45, 2.75) is 64.5 Å². The van der Waals surface area contributed by atoms with E-state index in [1.54, 1.807) is 65.2 Å². The van der Waals surface area contributed by atoms with Crippen molar-refractivity contribution in [2.75, 3.05) is 6.26 Å². The van der Waals surface area contributed by atoms with E-state index in [0.29, 0.717) is 39.0 Å². The first-order valence-corrected chi connectivity index (χ1v) is 14.9. The molecule has 3 aromatic heterocycles. The molecule has 4 rings (SSSR count). The Kier molecular flexibility index (Phi) is 7.43. The fraction of sp³-hybridized carbons (Fsp3) is 0.367. The number of fused-ring (bicyclic) bond motifs is 1. The van der Waals surface area contributed by atoms with E-state index in [4.69, 9.17) is 4.74 Å². The van der Waals surface area contributed by atoms with Gasteiger partial charge in [-0.25, -0.2) is 13.4 Å². The van der Waals surface area contributed by atoms with Crippen LogP contribution in [0.2, 0.25) is 0 Å². The molecule has 0 radical (unpaired) electrons. The molecule has 0 atom stereocenters. The lowest BCUT2D eigenvalue weighted by atomic mass is 9.96. The van der Waals surface area contributed by atoms with Crippen molar-refractivity contribution in [2.24, 2.45) is 7.05 Å². The molecule has 3 heterocycles. The van der Waals surface area contributed by atoms with Crippen LogP contribution < -0.4 is 15.6 Å². The molecule has 0 fully saturated rings. The molecule has 0 aliphatic rings. The minimum Gasteiger partial charge on any atom is -0.438 e. The average Bonchev–Trinajstić information content (AvgIpc) is 3.27. The largest absolute Gasteiger partial charge is 0.438 e. The van der Waals surface area contributed by atoms with Gasteiger partial charge in [-0.1, -0.05) is 0 Å². The minimum absolute atomic E-state index is 0.179. The van der Waals surface area contributed by atoms with Crippen LogP contribution in [0.4, 0.5) is 0 Å². The summed E-state index contributed by atoms with van der Waals surface area (Å²) >= 11 is 0. The number of hydrogen-bond acceptors (Lipinski definition) is 7. The predicted octanol–water partition coefficient (Wildman–Crippen LogP) is 4.50. The molecule has 10 nitrogen and oxygen atoms in total. The third-order valence-electron chi connectivity index (χ3n) is 6.61. The number of aromatic nitrogens is 3. The standard InChI is InChI=1S/C30H36N4O6S/c1-16-10-19(41(9,38)39)11-17(2)25(16)40-27-21(12-18(14-31-27)30(6,7)37)22-15-34(8)28(36)24-20(22)13-23(32-24)26(35)33-29(3,4)5/h10-15,32,37H,1-9H3,(H,33,35). The summed E-state index contributed by atoms with van der Waals surface area (Å²) in [6.45, 7) is 12.4. The number of pyridine rings is 2. The molecular formula is C30H36N4O6S. The Bertz CT molecular complexity index is 1830. The highest BCUT2D eigenvalue weighted by atomic mass is 32.2. The Morgan fingerprint density at radius 2 is 1.66 bits per heavy atom. The molecule has 0 saturated heterocycles. The van der Waals surface area contributed by atoms with Gasteiger partial charge in [-0.2, -0.15) is 0 Å². The number of rotatable bonds is 6. The smallest absolute Gasteiger partial charge is 0.274 e. The molecule has 218 valence electrons. The Labute approximate surface area is 239 Å². The first-order chi connectivity index (χ1) is 18.8.